The Morgan fingerprint density at radius 3 is 3.19 bits per heavy atom. The zero-order valence-corrected chi connectivity index (χ0v) is 10.4. The molecule has 0 radical (unpaired) electrons. The number of nitrogens with one attached hydrogen (secondary N) is 1. The first kappa shape index (κ1) is 11.9. The number of rotatable bonds is 4. The molecule has 16 heavy (non-hydrogen) atoms. The van der Waals surface area contributed by atoms with Crippen molar-refractivity contribution in [2.75, 3.05) is 24.7 Å². The summed E-state index contributed by atoms with van der Waals surface area (Å²) < 4.78 is 10.8. The van der Waals surface area contributed by atoms with Crippen molar-refractivity contribution in [1.82, 2.24) is 15.5 Å². The van der Waals surface area contributed by atoms with Crippen LogP contribution >= 0.6 is 11.8 Å². The van der Waals surface area contributed by atoms with Crippen LogP contribution in [0.3, 0.4) is 0 Å². The van der Waals surface area contributed by atoms with E-state index in [0.717, 1.165) is 24.7 Å². The minimum atomic E-state index is -0.00919. The molecule has 2 unspecified atom stereocenters. The van der Waals surface area contributed by atoms with Crippen molar-refractivity contribution in [2.45, 2.75) is 26.0 Å². The normalized spacial score (nSPS) is 23.2. The maximum absolute atomic E-state index is 5.59. The van der Waals surface area contributed by atoms with Crippen LogP contribution in [0.1, 0.15) is 37.7 Å². The summed E-state index contributed by atoms with van der Waals surface area (Å²) in [5.41, 5.74) is 0. The molecule has 90 valence electrons. The van der Waals surface area contributed by atoms with Crippen molar-refractivity contribution in [1.29, 1.82) is 0 Å². The molecule has 6 heteroatoms. The van der Waals surface area contributed by atoms with Gasteiger partial charge >= 0.3 is 0 Å². The minimum absolute atomic E-state index is 0.00919. The zero-order chi connectivity index (χ0) is 11.4. The van der Waals surface area contributed by atoms with Gasteiger partial charge < -0.3 is 14.6 Å². The van der Waals surface area contributed by atoms with Gasteiger partial charge in [-0.25, -0.2) is 0 Å². The lowest BCUT2D eigenvalue weighted by molar-refractivity contribution is 0.0677. The molecule has 1 aliphatic heterocycles. The summed E-state index contributed by atoms with van der Waals surface area (Å²) in [4.78, 5) is 4.37. The fraction of sp³-hybridized carbons (Fsp3) is 0.800. The highest BCUT2D eigenvalue weighted by molar-refractivity contribution is 7.99. The van der Waals surface area contributed by atoms with Crippen LogP contribution in [0.5, 0.6) is 0 Å². The highest BCUT2D eigenvalue weighted by atomic mass is 32.2. The molecule has 1 aliphatic rings. The maximum Gasteiger partial charge on any atom is 0.243 e. The third-order valence-electron chi connectivity index (χ3n) is 2.44. The van der Waals surface area contributed by atoms with Gasteiger partial charge in [0.25, 0.3) is 0 Å². The maximum atomic E-state index is 5.59. The highest BCUT2D eigenvalue weighted by Gasteiger charge is 2.23. The summed E-state index contributed by atoms with van der Waals surface area (Å²) in [5.74, 6) is 3.27. The van der Waals surface area contributed by atoms with Gasteiger partial charge in [0.2, 0.25) is 11.7 Å². The Balaban J connectivity index is 2.00. The van der Waals surface area contributed by atoms with E-state index in [4.69, 9.17) is 9.26 Å². The zero-order valence-electron chi connectivity index (χ0n) is 9.60. The Kier molecular flexibility index (Phi) is 4.20. The van der Waals surface area contributed by atoms with Gasteiger partial charge in [-0.2, -0.15) is 16.7 Å². The number of thioether (sulfide) groups is 1. The summed E-state index contributed by atoms with van der Waals surface area (Å²) in [6, 6.07) is 0.0995. The molecule has 0 bridgehead atoms. The average Bonchev–Trinajstić information content (AvgIpc) is 2.80. The van der Waals surface area contributed by atoms with Crippen LogP contribution in [0.4, 0.5) is 0 Å². The molecule has 1 N–H and O–H groups in total. The van der Waals surface area contributed by atoms with Crippen molar-refractivity contribution < 1.29 is 9.26 Å². The van der Waals surface area contributed by atoms with E-state index >= 15 is 0 Å². The van der Waals surface area contributed by atoms with Crippen molar-refractivity contribution in [2.24, 2.45) is 0 Å². The largest absolute Gasteiger partial charge is 0.368 e. The van der Waals surface area contributed by atoms with Crippen molar-refractivity contribution >= 4 is 11.8 Å². The molecule has 0 aromatic carbocycles. The second-order valence-electron chi connectivity index (χ2n) is 3.70. The molecule has 1 aromatic heterocycles. The summed E-state index contributed by atoms with van der Waals surface area (Å²) in [5, 5.41) is 7.21. The van der Waals surface area contributed by atoms with E-state index < -0.39 is 0 Å². The molecule has 5 nitrogen and oxygen atoms in total. The third kappa shape index (κ3) is 2.75. The van der Waals surface area contributed by atoms with E-state index in [2.05, 4.69) is 22.4 Å². The quantitative estimate of drug-likeness (QED) is 0.865. The van der Waals surface area contributed by atoms with Crippen LogP contribution in [-0.4, -0.2) is 34.8 Å². The number of hydrogen-bond acceptors (Lipinski definition) is 6. The van der Waals surface area contributed by atoms with Crippen LogP contribution in [-0.2, 0) is 4.74 Å². The lowest BCUT2D eigenvalue weighted by Crippen LogP contribution is -2.19. The van der Waals surface area contributed by atoms with E-state index in [0.29, 0.717) is 11.7 Å². The van der Waals surface area contributed by atoms with Gasteiger partial charge in [-0.15, -0.1) is 0 Å². The molecule has 0 amide bonds. The van der Waals surface area contributed by atoms with Gasteiger partial charge in [0.15, 0.2) is 0 Å². The van der Waals surface area contributed by atoms with E-state index in [1.165, 1.54) is 0 Å². The molecule has 0 aliphatic carbocycles. The monoisotopic (exact) mass is 243 g/mol. The molecule has 0 saturated carbocycles. The minimum Gasteiger partial charge on any atom is -0.368 e. The van der Waals surface area contributed by atoms with Crippen molar-refractivity contribution in [3.63, 3.8) is 0 Å². The average molecular weight is 243 g/mol. The molecule has 2 rings (SSSR count). The molecule has 1 saturated heterocycles. The standard InChI is InChI=1S/C10H17N3O2S/c1-3-11-7(2)10-12-9(13-15-10)8-6-16-5-4-14-8/h7-8,11H,3-6H2,1-2H3. The molecule has 2 heterocycles. The van der Waals surface area contributed by atoms with Crippen molar-refractivity contribution in [3.05, 3.63) is 11.7 Å². The van der Waals surface area contributed by atoms with Gasteiger partial charge in [0.1, 0.15) is 6.10 Å². The van der Waals surface area contributed by atoms with Crippen LogP contribution in [0, 0.1) is 0 Å². The lowest BCUT2D eigenvalue weighted by atomic mass is 10.3. The van der Waals surface area contributed by atoms with Crippen LogP contribution in [0.15, 0.2) is 4.52 Å². The smallest absolute Gasteiger partial charge is 0.243 e. The lowest BCUT2D eigenvalue weighted by Gasteiger charge is -2.18. The van der Waals surface area contributed by atoms with Crippen LogP contribution in [0.25, 0.3) is 0 Å². The van der Waals surface area contributed by atoms with E-state index in [-0.39, 0.29) is 12.1 Å². The molecule has 1 fully saturated rings. The molecule has 0 spiro atoms. The fourth-order valence-corrected chi connectivity index (χ4v) is 2.42. The number of ether oxygens (including phenoxy) is 1. The van der Waals surface area contributed by atoms with Gasteiger partial charge in [0, 0.05) is 11.5 Å². The SMILES string of the molecule is CCNC(C)c1nc(C2CSCCO2)no1. The molecule has 1 aromatic rings. The third-order valence-corrected chi connectivity index (χ3v) is 3.44. The highest BCUT2D eigenvalue weighted by Crippen LogP contribution is 2.25. The van der Waals surface area contributed by atoms with Gasteiger partial charge in [-0.3, -0.25) is 0 Å². The predicted molar refractivity (Wildman–Crippen MR) is 62.4 cm³/mol. The fourth-order valence-electron chi connectivity index (χ4n) is 1.58. The predicted octanol–water partition coefficient (Wildman–Crippen LogP) is 1.54. The Morgan fingerprint density at radius 1 is 1.62 bits per heavy atom. The Hall–Kier alpha value is -0.590. The summed E-state index contributed by atoms with van der Waals surface area (Å²) in [6.07, 6.45) is -0.00919. The number of hydrogen-bond donors (Lipinski definition) is 1. The summed E-state index contributed by atoms with van der Waals surface area (Å²) >= 11 is 1.86. The topological polar surface area (TPSA) is 60.2 Å². The van der Waals surface area contributed by atoms with Gasteiger partial charge in [0.05, 0.1) is 12.6 Å². The van der Waals surface area contributed by atoms with E-state index in [9.17, 15) is 0 Å². The first-order valence-corrected chi connectivity index (χ1v) is 6.73. The number of nitrogens with zero attached hydrogens (tertiary/aromatic N) is 2. The molecule has 2 atom stereocenters. The first-order valence-electron chi connectivity index (χ1n) is 5.57. The number of aromatic nitrogens is 2. The van der Waals surface area contributed by atoms with Gasteiger partial charge in [-0.05, 0) is 13.5 Å². The first-order chi connectivity index (χ1) is 7.81. The van der Waals surface area contributed by atoms with Crippen LogP contribution in [0.2, 0.25) is 0 Å². The summed E-state index contributed by atoms with van der Waals surface area (Å²) in [6.45, 7) is 5.71. The second kappa shape index (κ2) is 5.65. The Morgan fingerprint density at radius 2 is 2.50 bits per heavy atom. The molecular formula is C10H17N3O2S. The Labute approximate surface area is 99.3 Å². The Bertz CT molecular complexity index is 326. The summed E-state index contributed by atoms with van der Waals surface area (Å²) in [7, 11) is 0. The van der Waals surface area contributed by atoms with Crippen molar-refractivity contribution in [3.8, 4) is 0 Å². The van der Waals surface area contributed by atoms with E-state index in [1.807, 2.05) is 18.7 Å². The second-order valence-corrected chi connectivity index (χ2v) is 4.85. The molecular weight excluding hydrogens is 226 g/mol. The van der Waals surface area contributed by atoms with E-state index in [1.54, 1.807) is 0 Å². The van der Waals surface area contributed by atoms with Gasteiger partial charge in [-0.1, -0.05) is 12.1 Å². The van der Waals surface area contributed by atoms with Crippen LogP contribution < -0.4 is 5.32 Å².